The maximum atomic E-state index is 12.2. The lowest BCUT2D eigenvalue weighted by atomic mass is 9.59. The van der Waals surface area contributed by atoms with Gasteiger partial charge in [0.2, 0.25) is 0 Å². The van der Waals surface area contributed by atoms with Crippen molar-refractivity contribution in [2.24, 2.45) is 12.5 Å². The molecule has 0 aliphatic heterocycles. The molecule has 3 heterocycles. The number of alkyl carbamates (subject to hydrolysis) is 1. The molecule has 4 aromatic rings. The SMILES string of the molecule is Cn1c(C2=CCC3(CC2)CC(NC(=O)OC(C)(C)C)C3)c(-c2ccc(Oc3ncccn3)cc2)c2c(N)ncnc21. The minimum Gasteiger partial charge on any atom is -0.444 e. The molecule has 1 amide bonds. The number of nitrogen functional groups attached to an aromatic ring is 1. The van der Waals surface area contributed by atoms with Crippen LogP contribution in [0, 0.1) is 5.41 Å². The molecule has 212 valence electrons. The van der Waals surface area contributed by atoms with Crippen molar-refractivity contribution in [3.8, 4) is 22.9 Å². The highest BCUT2D eigenvalue weighted by Crippen LogP contribution is 2.53. The summed E-state index contributed by atoms with van der Waals surface area (Å²) in [6.07, 6.45) is 11.7. The summed E-state index contributed by atoms with van der Waals surface area (Å²) >= 11 is 0. The van der Waals surface area contributed by atoms with Gasteiger partial charge in [0.25, 0.3) is 0 Å². The summed E-state index contributed by atoms with van der Waals surface area (Å²) in [5.41, 5.74) is 11.3. The predicted molar refractivity (Wildman–Crippen MR) is 157 cm³/mol. The third kappa shape index (κ3) is 5.33. The molecule has 0 atom stereocenters. The van der Waals surface area contributed by atoms with Crippen molar-refractivity contribution in [3.05, 3.63) is 60.8 Å². The average Bonchev–Trinajstić information content (AvgIpc) is 3.21. The number of rotatable bonds is 5. The van der Waals surface area contributed by atoms with Crippen LogP contribution < -0.4 is 15.8 Å². The van der Waals surface area contributed by atoms with Gasteiger partial charge < -0.3 is 25.1 Å². The fourth-order valence-corrected chi connectivity index (χ4v) is 6.16. The highest BCUT2D eigenvalue weighted by molar-refractivity contribution is 6.06. The van der Waals surface area contributed by atoms with Crippen LogP contribution in [0.1, 0.15) is 58.6 Å². The summed E-state index contributed by atoms with van der Waals surface area (Å²) in [5, 5.41) is 3.88. The summed E-state index contributed by atoms with van der Waals surface area (Å²) in [5.74, 6) is 1.09. The van der Waals surface area contributed by atoms with Crippen LogP contribution >= 0.6 is 0 Å². The Morgan fingerprint density at radius 3 is 2.49 bits per heavy atom. The number of ether oxygens (including phenoxy) is 2. The number of aryl methyl sites for hydroxylation is 1. The van der Waals surface area contributed by atoms with E-state index in [4.69, 9.17) is 15.2 Å². The van der Waals surface area contributed by atoms with Crippen LogP contribution in [-0.2, 0) is 11.8 Å². The Labute approximate surface area is 239 Å². The number of nitrogens with two attached hydrogens (primary N) is 1. The second kappa shape index (κ2) is 10.2. The minimum atomic E-state index is -0.498. The maximum Gasteiger partial charge on any atom is 0.407 e. The van der Waals surface area contributed by atoms with Crippen LogP contribution in [0.4, 0.5) is 10.6 Å². The van der Waals surface area contributed by atoms with Crippen molar-refractivity contribution in [3.63, 3.8) is 0 Å². The third-order valence-electron chi connectivity index (χ3n) is 7.98. The van der Waals surface area contributed by atoms with Gasteiger partial charge in [-0.2, -0.15) is 0 Å². The van der Waals surface area contributed by atoms with E-state index in [1.807, 2.05) is 52.1 Å². The molecule has 10 heteroatoms. The van der Waals surface area contributed by atoms with Crippen LogP contribution in [0.25, 0.3) is 27.7 Å². The Morgan fingerprint density at radius 2 is 1.83 bits per heavy atom. The molecule has 6 rings (SSSR count). The Bertz CT molecular complexity index is 1620. The molecule has 1 aromatic carbocycles. The molecule has 0 radical (unpaired) electrons. The molecule has 1 fully saturated rings. The van der Waals surface area contributed by atoms with Crippen LogP contribution in [0.5, 0.6) is 11.8 Å². The van der Waals surface area contributed by atoms with Gasteiger partial charge in [0, 0.05) is 31.0 Å². The lowest BCUT2D eigenvalue weighted by Gasteiger charge is -2.49. The fourth-order valence-electron chi connectivity index (χ4n) is 6.16. The molecule has 2 aliphatic rings. The second-order valence-electron chi connectivity index (χ2n) is 12.1. The van der Waals surface area contributed by atoms with E-state index in [0.29, 0.717) is 17.6 Å². The number of hydrogen-bond acceptors (Lipinski definition) is 8. The smallest absolute Gasteiger partial charge is 0.407 e. The van der Waals surface area contributed by atoms with Gasteiger partial charge in [0.1, 0.15) is 29.1 Å². The molecule has 2 aliphatic carbocycles. The van der Waals surface area contributed by atoms with Gasteiger partial charge in [0.15, 0.2) is 0 Å². The standard InChI is InChI=1S/C31H35N7O3/c1-30(2,3)41-29(39)37-21-16-31(17-21)12-10-20(11-13-31)25-23(24-26(32)35-18-36-27(24)38(25)4)19-6-8-22(9-7-19)40-28-33-14-5-15-34-28/h5-10,14-15,18,21H,11-13,16-17H2,1-4H3,(H,37,39)(H2,32,35,36). The lowest BCUT2D eigenvalue weighted by molar-refractivity contribution is 0.0296. The van der Waals surface area contributed by atoms with E-state index in [1.165, 1.54) is 11.9 Å². The zero-order chi connectivity index (χ0) is 28.8. The van der Waals surface area contributed by atoms with Gasteiger partial charge >= 0.3 is 12.1 Å². The second-order valence-corrected chi connectivity index (χ2v) is 12.1. The predicted octanol–water partition coefficient (Wildman–Crippen LogP) is 6.04. The summed E-state index contributed by atoms with van der Waals surface area (Å²) in [4.78, 5) is 29.4. The highest BCUT2D eigenvalue weighted by atomic mass is 16.6. The molecule has 3 aromatic heterocycles. The molecule has 0 bridgehead atoms. The fraction of sp³-hybridized carbons (Fsp3) is 0.387. The first-order valence-electron chi connectivity index (χ1n) is 13.9. The first-order chi connectivity index (χ1) is 19.6. The molecular weight excluding hydrogens is 518 g/mol. The van der Waals surface area contributed by atoms with Crippen molar-refractivity contribution >= 4 is 28.5 Å². The van der Waals surface area contributed by atoms with Crippen molar-refractivity contribution in [1.82, 2.24) is 29.8 Å². The van der Waals surface area contributed by atoms with Crippen LogP contribution in [0.15, 0.2) is 55.1 Å². The zero-order valence-corrected chi connectivity index (χ0v) is 23.8. The first kappa shape index (κ1) is 26.7. The average molecular weight is 554 g/mol. The Morgan fingerprint density at radius 1 is 1.10 bits per heavy atom. The number of nitrogens with one attached hydrogen (secondary N) is 1. The van der Waals surface area contributed by atoms with Crippen LogP contribution in [-0.4, -0.2) is 42.2 Å². The Kier molecular flexibility index (Phi) is 6.63. The number of anilines is 1. The normalized spacial score (nSPS) is 20.4. The number of carbonyl (C=O) groups is 1. The molecule has 0 unspecified atom stereocenters. The lowest BCUT2D eigenvalue weighted by Crippen LogP contribution is -2.52. The number of aromatic nitrogens is 5. The quantitative estimate of drug-likeness (QED) is 0.306. The monoisotopic (exact) mass is 553 g/mol. The summed E-state index contributed by atoms with van der Waals surface area (Å²) in [7, 11) is 2.03. The zero-order valence-electron chi connectivity index (χ0n) is 23.8. The van der Waals surface area contributed by atoms with Crippen molar-refractivity contribution in [2.75, 3.05) is 5.73 Å². The van der Waals surface area contributed by atoms with E-state index in [9.17, 15) is 4.79 Å². The number of carbonyl (C=O) groups excluding carboxylic acids is 1. The topological polar surface area (TPSA) is 130 Å². The number of fused-ring (bicyclic) bond motifs is 1. The molecular formula is C31H35N7O3. The van der Waals surface area contributed by atoms with E-state index in [-0.39, 0.29) is 17.6 Å². The van der Waals surface area contributed by atoms with Crippen LogP contribution in [0.2, 0.25) is 0 Å². The van der Waals surface area contributed by atoms with Gasteiger partial charge in [-0.1, -0.05) is 18.2 Å². The summed E-state index contributed by atoms with van der Waals surface area (Å²) < 4.78 is 13.4. The van der Waals surface area contributed by atoms with Gasteiger partial charge in [-0.15, -0.1) is 0 Å². The molecule has 0 saturated heterocycles. The van der Waals surface area contributed by atoms with Crippen molar-refractivity contribution in [2.45, 2.75) is 64.5 Å². The van der Waals surface area contributed by atoms with E-state index in [0.717, 1.165) is 60.0 Å². The van der Waals surface area contributed by atoms with E-state index < -0.39 is 5.60 Å². The number of hydrogen-bond donors (Lipinski definition) is 2. The Hall–Kier alpha value is -4.47. The van der Waals surface area contributed by atoms with Gasteiger partial charge in [-0.05, 0) is 87.6 Å². The summed E-state index contributed by atoms with van der Waals surface area (Å²) in [6, 6.07) is 10.1. The van der Waals surface area contributed by atoms with E-state index in [1.54, 1.807) is 18.5 Å². The molecule has 1 spiro atoms. The van der Waals surface area contributed by atoms with E-state index in [2.05, 4.69) is 35.9 Å². The first-order valence-corrected chi connectivity index (χ1v) is 13.9. The molecule has 41 heavy (non-hydrogen) atoms. The van der Waals surface area contributed by atoms with Crippen molar-refractivity contribution in [1.29, 1.82) is 0 Å². The third-order valence-corrected chi connectivity index (χ3v) is 7.98. The highest BCUT2D eigenvalue weighted by Gasteiger charge is 2.45. The number of allylic oxidation sites excluding steroid dienone is 2. The minimum absolute atomic E-state index is 0.157. The van der Waals surface area contributed by atoms with Gasteiger partial charge in [-0.3, -0.25) is 0 Å². The van der Waals surface area contributed by atoms with Gasteiger partial charge in [-0.25, -0.2) is 24.7 Å². The van der Waals surface area contributed by atoms with Crippen molar-refractivity contribution < 1.29 is 14.3 Å². The molecule has 10 nitrogen and oxygen atoms in total. The maximum absolute atomic E-state index is 12.2. The largest absolute Gasteiger partial charge is 0.444 e. The molecule has 1 saturated carbocycles. The Balaban J connectivity index is 1.26. The molecule has 3 N–H and O–H groups in total. The number of benzene rings is 1. The number of nitrogens with zero attached hydrogens (tertiary/aromatic N) is 5. The van der Waals surface area contributed by atoms with Gasteiger partial charge in [0.05, 0.1) is 11.1 Å². The van der Waals surface area contributed by atoms with E-state index >= 15 is 0 Å². The van der Waals surface area contributed by atoms with Crippen LogP contribution in [0.3, 0.4) is 0 Å². The number of amides is 1. The summed E-state index contributed by atoms with van der Waals surface area (Å²) in [6.45, 7) is 5.64.